The molecule has 0 N–H and O–H groups in total. The van der Waals surface area contributed by atoms with Crippen LogP contribution in [0.5, 0.6) is 0 Å². The summed E-state index contributed by atoms with van der Waals surface area (Å²) >= 11 is 0. The number of nitro groups is 1. The zero-order valence-corrected chi connectivity index (χ0v) is 14.0. The molecule has 0 saturated carbocycles. The minimum atomic E-state index is -0.503. The molecule has 0 spiro atoms. The number of non-ortho nitro benzene ring substituents is 1. The number of carbonyl (C=O) groups is 1. The fourth-order valence-corrected chi connectivity index (χ4v) is 1.74. The molecule has 0 saturated heterocycles. The lowest BCUT2D eigenvalue weighted by molar-refractivity contribution is -0.384. The number of carbonyl (C=O) groups excluding carboxylic acids is 1. The number of benzene rings is 1. The lowest BCUT2D eigenvalue weighted by Gasteiger charge is -2.12. The SMILES string of the molecule is CN(C/C=C/C#CC(C)(C)C)CC(=O)c1cccc([N+](=O)[O-])c1. The topological polar surface area (TPSA) is 63.5 Å². The van der Waals surface area contributed by atoms with Crippen molar-refractivity contribution in [1.29, 1.82) is 0 Å². The largest absolute Gasteiger partial charge is 0.295 e. The zero-order valence-electron chi connectivity index (χ0n) is 14.0. The fraction of sp³-hybridized carbons (Fsp3) is 0.389. The van der Waals surface area contributed by atoms with Gasteiger partial charge in [-0.3, -0.25) is 19.8 Å². The van der Waals surface area contributed by atoms with Gasteiger partial charge in [-0.05, 0) is 33.9 Å². The molecule has 1 aromatic carbocycles. The van der Waals surface area contributed by atoms with Crippen molar-refractivity contribution in [1.82, 2.24) is 4.90 Å². The number of Topliss-reactive ketones (excluding diaryl/α,β-unsaturated/α-hetero) is 1. The van der Waals surface area contributed by atoms with Gasteiger partial charge in [0.15, 0.2) is 5.78 Å². The van der Waals surface area contributed by atoms with Gasteiger partial charge >= 0.3 is 0 Å². The van der Waals surface area contributed by atoms with E-state index in [4.69, 9.17) is 0 Å². The van der Waals surface area contributed by atoms with Crippen LogP contribution in [0.2, 0.25) is 0 Å². The maximum Gasteiger partial charge on any atom is 0.270 e. The van der Waals surface area contributed by atoms with Crippen molar-refractivity contribution in [2.75, 3.05) is 20.1 Å². The maximum atomic E-state index is 12.1. The minimum Gasteiger partial charge on any atom is -0.295 e. The smallest absolute Gasteiger partial charge is 0.270 e. The number of hydrogen-bond donors (Lipinski definition) is 0. The predicted molar refractivity (Wildman–Crippen MR) is 91.3 cm³/mol. The average molecular weight is 314 g/mol. The van der Waals surface area contributed by atoms with Crippen LogP contribution in [-0.4, -0.2) is 35.7 Å². The van der Waals surface area contributed by atoms with Gasteiger partial charge in [0.25, 0.3) is 5.69 Å². The van der Waals surface area contributed by atoms with Crippen LogP contribution in [0, 0.1) is 27.4 Å². The van der Waals surface area contributed by atoms with Gasteiger partial charge in [0.1, 0.15) is 0 Å². The number of likely N-dealkylation sites (N-methyl/N-ethyl adjacent to an activating group) is 1. The molecule has 122 valence electrons. The van der Waals surface area contributed by atoms with Crippen LogP contribution in [0.15, 0.2) is 36.4 Å². The standard InChI is InChI=1S/C18H22N2O3/c1-18(2,3)11-6-5-7-12-19(4)14-17(21)15-9-8-10-16(13-15)20(22)23/h5,7-10,13H,12,14H2,1-4H3/b7-5+. The quantitative estimate of drug-likeness (QED) is 0.350. The number of nitro benzene ring substituents is 1. The van der Waals surface area contributed by atoms with Crippen LogP contribution in [0.25, 0.3) is 0 Å². The number of allylic oxidation sites excluding steroid dienone is 1. The van der Waals surface area contributed by atoms with Crippen LogP contribution in [0.4, 0.5) is 5.69 Å². The van der Waals surface area contributed by atoms with E-state index in [0.29, 0.717) is 12.1 Å². The number of nitrogens with zero attached hydrogens (tertiary/aromatic N) is 2. The van der Waals surface area contributed by atoms with Crippen LogP contribution in [0.3, 0.4) is 0 Å². The molecule has 0 aliphatic rings. The summed E-state index contributed by atoms with van der Waals surface area (Å²) in [6, 6.07) is 5.79. The Kier molecular flexibility index (Phi) is 6.67. The van der Waals surface area contributed by atoms with Gasteiger partial charge in [0.05, 0.1) is 11.5 Å². The van der Waals surface area contributed by atoms with Gasteiger partial charge in [-0.15, -0.1) is 0 Å². The summed E-state index contributed by atoms with van der Waals surface area (Å²) in [6.07, 6.45) is 3.67. The molecule has 0 radical (unpaired) electrons. The van der Waals surface area contributed by atoms with E-state index in [1.165, 1.54) is 18.2 Å². The zero-order chi connectivity index (χ0) is 17.5. The second kappa shape index (κ2) is 8.25. The molecule has 0 bridgehead atoms. The molecule has 23 heavy (non-hydrogen) atoms. The Morgan fingerprint density at radius 1 is 1.39 bits per heavy atom. The van der Waals surface area contributed by atoms with Gasteiger partial charge in [0, 0.05) is 29.7 Å². The van der Waals surface area contributed by atoms with E-state index in [2.05, 4.69) is 11.8 Å². The van der Waals surface area contributed by atoms with Crippen molar-refractivity contribution < 1.29 is 9.72 Å². The molecule has 1 rings (SSSR count). The highest BCUT2D eigenvalue weighted by atomic mass is 16.6. The van der Waals surface area contributed by atoms with E-state index >= 15 is 0 Å². The van der Waals surface area contributed by atoms with E-state index in [1.807, 2.05) is 38.8 Å². The van der Waals surface area contributed by atoms with Crippen LogP contribution in [0.1, 0.15) is 31.1 Å². The molecular weight excluding hydrogens is 292 g/mol. The van der Waals surface area contributed by atoms with E-state index in [9.17, 15) is 14.9 Å². The highest BCUT2D eigenvalue weighted by molar-refractivity contribution is 5.98. The maximum absolute atomic E-state index is 12.1. The molecule has 0 aliphatic carbocycles. The lowest BCUT2D eigenvalue weighted by atomic mass is 9.98. The van der Waals surface area contributed by atoms with E-state index in [1.54, 1.807) is 12.1 Å². The Bertz CT molecular complexity index is 661. The molecule has 0 atom stereocenters. The first kappa shape index (κ1) is 18.6. The first-order valence-corrected chi connectivity index (χ1v) is 7.33. The third kappa shape index (κ3) is 7.39. The fourth-order valence-electron chi connectivity index (χ4n) is 1.74. The highest BCUT2D eigenvalue weighted by Gasteiger charge is 2.12. The van der Waals surface area contributed by atoms with Crippen molar-refractivity contribution in [3.8, 4) is 11.8 Å². The summed E-state index contributed by atoms with van der Waals surface area (Å²) < 4.78 is 0. The average Bonchev–Trinajstić information content (AvgIpc) is 2.45. The van der Waals surface area contributed by atoms with E-state index in [-0.39, 0.29) is 23.4 Å². The summed E-state index contributed by atoms with van der Waals surface area (Å²) in [5, 5.41) is 10.7. The molecule has 5 heteroatoms. The third-order valence-electron chi connectivity index (χ3n) is 2.86. The first-order chi connectivity index (χ1) is 10.7. The summed E-state index contributed by atoms with van der Waals surface area (Å²) in [5.74, 6) is 5.91. The van der Waals surface area contributed by atoms with Gasteiger partial charge in [-0.2, -0.15) is 0 Å². The Labute approximate surface area is 137 Å². The second-order valence-electron chi connectivity index (χ2n) is 6.35. The normalized spacial score (nSPS) is 11.3. The Balaban J connectivity index is 2.57. The van der Waals surface area contributed by atoms with Crippen molar-refractivity contribution in [3.05, 3.63) is 52.1 Å². The third-order valence-corrected chi connectivity index (χ3v) is 2.86. The first-order valence-electron chi connectivity index (χ1n) is 7.33. The Morgan fingerprint density at radius 2 is 2.09 bits per heavy atom. The van der Waals surface area contributed by atoms with Crippen molar-refractivity contribution in [2.24, 2.45) is 5.41 Å². The van der Waals surface area contributed by atoms with Gasteiger partial charge in [-0.1, -0.05) is 30.0 Å². The van der Waals surface area contributed by atoms with Crippen molar-refractivity contribution >= 4 is 11.5 Å². The minimum absolute atomic E-state index is 0.0335. The Morgan fingerprint density at radius 3 is 2.70 bits per heavy atom. The van der Waals surface area contributed by atoms with Gasteiger partial charge in [0.2, 0.25) is 0 Å². The number of rotatable bonds is 6. The lowest BCUT2D eigenvalue weighted by Crippen LogP contribution is -2.26. The van der Waals surface area contributed by atoms with Gasteiger partial charge < -0.3 is 0 Å². The van der Waals surface area contributed by atoms with Gasteiger partial charge in [-0.25, -0.2) is 0 Å². The summed E-state index contributed by atoms with van der Waals surface area (Å²) in [4.78, 5) is 24.2. The second-order valence-corrected chi connectivity index (χ2v) is 6.35. The molecule has 5 nitrogen and oxygen atoms in total. The summed E-state index contributed by atoms with van der Waals surface area (Å²) in [5.41, 5.74) is 0.243. The molecular formula is C18H22N2O3. The monoisotopic (exact) mass is 314 g/mol. The van der Waals surface area contributed by atoms with Crippen LogP contribution < -0.4 is 0 Å². The molecule has 1 aromatic rings. The number of ketones is 1. The van der Waals surface area contributed by atoms with Crippen molar-refractivity contribution in [2.45, 2.75) is 20.8 Å². The van der Waals surface area contributed by atoms with E-state index < -0.39 is 4.92 Å². The van der Waals surface area contributed by atoms with Crippen LogP contribution in [-0.2, 0) is 0 Å². The Hall–Kier alpha value is -2.45. The predicted octanol–water partition coefficient (Wildman–Crippen LogP) is 3.32. The molecule has 0 fully saturated rings. The van der Waals surface area contributed by atoms with E-state index in [0.717, 1.165) is 0 Å². The van der Waals surface area contributed by atoms with Crippen LogP contribution >= 0.6 is 0 Å². The van der Waals surface area contributed by atoms with Crippen molar-refractivity contribution in [3.63, 3.8) is 0 Å². The summed E-state index contributed by atoms with van der Waals surface area (Å²) in [7, 11) is 1.82. The molecule has 0 aromatic heterocycles. The highest BCUT2D eigenvalue weighted by Crippen LogP contribution is 2.13. The summed E-state index contributed by atoms with van der Waals surface area (Å²) in [6.45, 7) is 6.89. The molecule has 0 heterocycles. The molecule has 0 unspecified atom stereocenters. The molecule has 0 aliphatic heterocycles. The molecule has 0 amide bonds. The number of hydrogen-bond acceptors (Lipinski definition) is 4.